The number of carbonyl (C=O) groups is 1. The molecule has 0 aliphatic heterocycles. The number of carbonyl (C=O) groups excluding carboxylic acids is 1. The number of aliphatic imine (C=N–C) groups is 1. The lowest BCUT2D eigenvalue weighted by Gasteiger charge is -2.20. The summed E-state index contributed by atoms with van der Waals surface area (Å²) in [6.07, 6.45) is -0.411. The molecule has 0 fully saturated rings. The summed E-state index contributed by atoms with van der Waals surface area (Å²) in [6.45, 7) is 17.4. The molecule has 8 heteroatoms. The van der Waals surface area contributed by atoms with Crippen molar-refractivity contribution in [3.63, 3.8) is 0 Å². The molecule has 0 radical (unpaired) electrons. The lowest BCUT2D eigenvalue weighted by Crippen LogP contribution is -2.42. The molecule has 0 heterocycles. The van der Waals surface area contributed by atoms with Gasteiger partial charge in [0, 0.05) is 26.2 Å². The van der Waals surface area contributed by atoms with Crippen molar-refractivity contribution in [2.75, 3.05) is 32.7 Å². The van der Waals surface area contributed by atoms with Crippen molar-refractivity contribution in [1.29, 1.82) is 0 Å². The van der Waals surface area contributed by atoms with Crippen LogP contribution < -0.4 is 16.0 Å². The van der Waals surface area contributed by atoms with E-state index in [9.17, 15) is 4.79 Å². The Bertz CT molecular complexity index is 643. The van der Waals surface area contributed by atoms with Crippen molar-refractivity contribution < 1.29 is 9.53 Å². The molecule has 0 atom stereocenters. The Labute approximate surface area is 199 Å². The average molecular weight is 533 g/mol. The molecular weight excluding hydrogens is 493 g/mol. The van der Waals surface area contributed by atoms with Gasteiger partial charge in [0.25, 0.3) is 0 Å². The number of guanidine groups is 1. The minimum absolute atomic E-state index is 0. The summed E-state index contributed by atoms with van der Waals surface area (Å²) in [4.78, 5) is 18.7. The Morgan fingerprint density at radius 1 is 1.03 bits per heavy atom. The van der Waals surface area contributed by atoms with Crippen LogP contribution in [0.5, 0.6) is 0 Å². The first kappa shape index (κ1) is 28.5. The molecule has 0 saturated heterocycles. The molecule has 7 nitrogen and oxygen atoms in total. The number of ether oxygens (including phenoxy) is 1. The van der Waals surface area contributed by atoms with Gasteiger partial charge in [-0.3, -0.25) is 4.90 Å². The molecule has 0 aromatic heterocycles. The van der Waals surface area contributed by atoms with Crippen molar-refractivity contribution in [1.82, 2.24) is 20.9 Å². The first-order valence-corrected chi connectivity index (χ1v) is 10.6. The van der Waals surface area contributed by atoms with Gasteiger partial charge in [0.15, 0.2) is 5.96 Å². The lowest BCUT2D eigenvalue weighted by atomic mass is 10.1. The average Bonchev–Trinajstić information content (AvgIpc) is 2.66. The van der Waals surface area contributed by atoms with Gasteiger partial charge < -0.3 is 20.7 Å². The van der Waals surface area contributed by atoms with Crippen molar-refractivity contribution >= 4 is 36.0 Å². The molecule has 1 amide bonds. The third-order valence-corrected chi connectivity index (χ3v) is 4.14. The molecule has 1 rings (SSSR count). The zero-order valence-electron chi connectivity index (χ0n) is 19.4. The fraction of sp³-hybridized carbons (Fsp3) is 0.636. The molecule has 0 spiro atoms. The Balaban J connectivity index is 0.00000841. The maximum Gasteiger partial charge on any atom is 0.407 e. The van der Waals surface area contributed by atoms with Crippen LogP contribution in [-0.2, 0) is 17.8 Å². The molecule has 3 N–H and O–H groups in total. The fourth-order valence-corrected chi connectivity index (χ4v) is 2.70. The summed E-state index contributed by atoms with van der Waals surface area (Å²) in [5.41, 5.74) is 1.99. The zero-order chi connectivity index (χ0) is 21.7. The number of halogens is 1. The highest BCUT2D eigenvalue weighted by Crippen LogP contribution is 2.09. The Kier molecular flexibility index (Phi) is 14.5. The number of amides is 1. The van der Waals surface area contributed by atoms with E-state index in [0.29, 0.717) is 19.6 Å². The van der Waals surface area contributed by atoms with Crippen molar-refractivity contribution in [3.8, 4) is 0 Å². The minimum atomic E-state index is -0.492. The van der Waals surface area contributed by atoms with E-state index in [1.54, 1.807) is 0 Å². The first-order valence-electron chi connectivity index (χ1n) is 10.6. The second-order valence-corrected chi connectivity index (χ2v) is 7.83. The molecule has 172 valence electrons. The van der Waals surface area contributed by atoms with E-state index in [2.05, 4.69) is 64.0 Å². The predicted octanol–water partition coefficient (Wildman–Crippen LogP) is 3.73. The second kappa shape index (κ2) is 15.3. The molecule has 1 aromatic carbocycles. The molecule has 0 unspecified atom stereocenters. The van der Waals surface area contributed by atoms with Crippen LogP contribution in [0.25, 0.3) is 0 Å². The van der Waals surface area contributed by atoms with E-state index in [0.717, 1.165) is 32.1 Å². The summed E-state index contributed by atoms with van der Waals surface area (Å²) >= 11 is 0. The van der Waals surface area contributed by atoms with E-state index in [1.807, 2.05) is 27.7 Å². The number of hydrogen-bond donors (Lipinski definition) is 3. The van der Waals surface area contributed by atoms with E-state index >= 15 is 0 Å². The van der Waals surface area contributed by atoms with Crippen molar-refractivity contribution in [2.45, 2.75) is 60.2 Å². The number of nitrogens with one attached hydrogen (secondary N) is 3. The van der Waals surface area contributed by atoms with Crippen LogP contribution in [0, 0.1) is 0 Å². The predicted molar refractivity (Wildman–Crippen MR) is 136 cm³/mol. The highest BCUT2D eigenvalue weighted by Gasteiger charge is 2.15. The van der Waals surface area contributed by atoms with E-state index in [-0.39, 0.29) is 24.0 Å². The summed E-state index contributed by atoms with van der Waals surface area (Å²) in [6, 6.07) is 8.57. The van der Waals surface area contributed by atoms with Gasteiger partial charge in [-0.25, -0.2) is 9.79 Å². The van der Waals surface area contributed by atoms with Crippen LogP contribution in [0.3, 0.4) is 0 Å². The van der Waals surface area contributed by atoms with Crippen LogP contribution in [0.1, 0.15) is 52.7 Å². The SMILES string of the molecule is CCNC(=NCc1cccc(CN(CC)CC)c1)NCCNC(=O)OC(C)(C)C.I. The highest BCUT2D eigenvalue weighted by atomic mass is 127. The maximum absolute atomic E-state index is 11.7. The third-order valence-electron chi connectivity index (χ3n) is 4.14. The van der Waals surface area contributed by atoms with Crippen LogP contribution >= 0.6 is 24.0 Å². The molecule has 1 aromatic rings. The van der Waals surface area contributed by atoms with Gasteiger partial charge >= 0.3 is 6.09 Å². The topological polar surface area (TPSA) is 78.0 Å². The highest BCUT2D eigenvalue weighted by molar-refractivity contribution is 14.0. The molecule has 0 bridgehead atoms. The number of rotatable bonds is 10. The summed E-state index contributed by atoms with van der Waals surface area (Å²) in [7, 11) is 0. The van der Waals surface area contributed by atoms with Crippen LogP contribution in [0.2, 0.25) is 0 Å². The van der Waals surface area contributed by atoms with E-state index < -0.39 is 11.7 Å². The van der Waals surface area contributed by atoms with Gasteiger partial charge in [0.1, 0.15) is 5.60 Å². The Morgan fingerprint density at radius 2 is 1.67 bits per heavy atom. The van der Waals surface area contributed by atoms with Gasteiger partial charge in [0.05, 0.1) is 6.54 Å². The Morgan fingerprint density at radius 3 is 2.27 bits per heavy atom. The van der Waals surface area contributed by atoms with Crippen molar-refractivity contribution in [2.24, 2.45) is 4.99 Å². The van der Waals surface area contributed by atoms with E-state index in [1.165, 1.54) is 11.1 Å². The summed E-state index contributed by atoms with van der Waals surface area (Å²) in [5.74, 6) is 0.729. The molecule has 0 aliphatic carbocycles. The van der Waals surface area contributed by atoms with Gasteiger partial charge in [-0.15, -0.1) is 24.0 Å². The number of benzene rings is 1. The number of nitrogens with zero attached hydrogens (tertiary/aromatic N) is 2. The third kappa shape index (κ3) is 12.9. The number of alkyl carbamates (subject to hydrolysis) is 1. The van der Waals surface area contributed by atoms with Gasteiger partial charge in [-0.05, 0) is 51.9 Å². The monoisotopic (exact) mass is 533 g/mol. The van der Waals surface area contributed by atoms with Gasteiger partial charge in [-0.1, -0.05) is 38.1 Å². The van der Waals surface area contributed by atoms with Crippen LogP contribution in [0.4, 0.5) is 4.79 Å². The Hall–Kier alpha value is -1.55. The molecule has 0 saturated carbocycles. The molecule has 0 aliphatic rings. The second-order valence-electron chi connectivity index (χ2n) is 7.83. The van der Waals surface area contributed by atoms with Gasteiger partial charge in [0.2, 0.25) is 0 Å². The van der Waals surface area contributed by atoms with E-state index in [4.69, 9.17) is 4.74 Å². The fourth-order valence-electron chi connectivity index (χ4n) is 2.70. The summed E-state index contributed by atoms with van der Waals surface area (Å²) in [5, 5.41) is 9.20. The zero-order valence-corrected chi connectivity index (χ0v) is 21.7. The van der Waals surface area contributed by atoms with Gasteiger partial charge in [-0.2, -0.15) is 0 Å². The van der Waals surface area contributed by atoms with Crippen molar-refractivity contribution in [3.05, 3.63) is 35.4 Å². The first-order chi connectivity index (χ1) is 13.8. The smallest absolute Gasteiger partial charge is 0.407 e. The minimum Gasteiger partial charge on any atom is -0.444 e. The van der Waals surface area contributed by atoms with Crippen LogP contribution in [-0.4, -0.2) is 55.3 Å². The number of hydrogen-bond acceptors (Lipinski definition) is 4. The largest absolute Gasteiger partial charge is 0.444 e. The summed E-state index contributed by atoms with van der Waals surface area (Å²) < 4.78 is 5.23. The maximum atomic E-state index is 11.7. The lowest BCUT2D eigenvalue weighted by molar-refractivity contribution is 0.0529. The molecular formula is C22H40IN5O2. The van der Waals surface area contributed by atoms with Crippen LogP contribution in [0.15, 0.2) is 29.3 Å². The molecule has 30 heavy (non-hydrogen) atoms. The normalized spacial score (nSPS) is 11.6. The quantitative estimate of drug-likeness (QED) is 0.185. The standard InChI is InChI=1S/C22H39N5O2.HI/c1-7-23-20(24-13-14-25-21(28)29-22(4,5)6)26-16-18-11-10-12-19(15-18)17-27(8-2)9-3;/h10-12,15H,7-9,13-14,16-17H2,1-6H3,(H,25,28)(H2,23,24,26);1H.